The minimum Gasteiger partial charge on any atom is -0.357 e. The highest BCUT2D eigenvalue weighted by Crippen LogP contribution is 2.17. The Morgan fingerprint density at radius 1 is 1.11 bits per heavy atom. The van der Waals surface area contributed by atoms with Crippen molar-refractivity contribution in [2.75, 3.05) is 12.8 Å². The van der Waals surface area contributed by atoms with E-state index in [1.165, 1.54) is 23.6 Å². The molecule has 0 saturated carbocycles. The van der Waals surface area contributed by atoms with Crippen LogP contribution in [0.4, 0.5) is 4.39 Å². The molecular weight excluding hydrogens is 363 g/mol. The predicted molar refractivity (Wildman–Crippen MR) is 108 cm³/mol. The standard InChI is InChI=1S/C21H25FN2O2S/c1-16(21(26)23-2)24(14-18-10-6-7-11-19(18)22)20(25)12-13-27-15-17-8-4-3-5-9-17/h3-11,16H,12-15H2,1-2H3,(H,23,26)/t16-/m0/s1. The normalized spacial score (nSPS) is 11.7. The second-order valence-electron chi connectivity index (χ2n) is 6.19. The van der Waals surface area contributed by atoms with Gasteiger partial charge in [0, 0.05) is 37.1 Å². The van der Waals surface area contributed by atoms with Gasteiger partial charge >= 0.3 is 0 Å². The van der Waals surface area contributed by atoms with E-state index in [1.807, 2.05) is 30.3 Å². The molecule has 2 aromatic rings. The fourth-order valence-electron chi connectivity index (χ4n) is 2.67. The molecule has 0 aliphatic heterocycles. The Morgan fingerprint density at radius 3 is 2.44 bits per heavy atom. The summed E-state index contributed by atoms with van der Waals surface area (Å²) in [6.45, 7) is 1.73. The first-order chi connectivity index (χ1) is 13.0. The zero-order chi connectivity index (χ0) is 19.6. The van der Waals surface area contributed by atoms with Gasteiger partial charge in [-0.05, 0) is 18.6 Å². The van der Waals surface area contributed by atoms with Crippen molar-refractivity contribution >= 4 is 23.6 Å². The van der Waals surface area contributed by atoms with Crippen LogP contribution in [-0.2, 0) is 21.9 Å². The Labute approximate surface area is 164 Å². The minimum absolute atomic E-state index is 0.0729. The Morgan fingerprint density at radius 2 is 1.78 bits per heavy atom. The van der Waals surface area contributed by atoms with Gasteiger partial charge in [-0.25, -0.2) is 4.39 Å². The number of hydrogen-bond acceptors (Lipinski definition) is 3. The van der Waals surface area contributed by atoms with Gasteiger partial charge < -0.3 is 10.2 Å². The number of likely N-dealkylation sites (N-methyl/N-ethyl adjacent to an activating group) is 1. The van der Waals surface area contributed by atoms with Gasteiger partial charge in [-0.15, -0.1) is 0 Å². The zero-order valence-electron chi connectivity index (χ0n) is 15.7. The number of halogens is 1. The fourth-order valence-corrected chi connectivity index (χ4v) is 3.56. The Balaban J connectivity index is 1.98. The highest BCUT2D eigenvalue weighted by atomic mass is 32.2. The molecule has 2 aromatic carbocycles. The van der Waals surface area contributed by atoms with Crippen LogP contribution >= 0.6 is 11.8 Å². The van der Waals surface area contributed by atoms with Crippen LogP contribution < -0.4 is 5.32 Å². The smallest absolute Gasteiger partial charge is 0.242 e. The molecule has 27 heavy (non-hydrogen) atoms. The molecule has 1 atom stereocenters. The average molecular weight is 389 g/mol. The summed E-state index contributed by atoms with van der Waals surface area (Å²) in [5.41, 5.74) is 1.61. The molecule has 0 saturated heterocycles. The Bertz CT molecular complexity index is 755. The summed E-state index contributed by atoms with van der Waals surface area (Å²) in [7, 11) is 1.53. The molecule has 1 N–H and O–H groups in total. The Kier molecular flexibility index (Phi) is 8.33. The van der Waals surface area contributed by atoms with Gasteiger partial charge in [0.1, 0.15) is 11.9 Å². The van der Waals surface area contributed by atoms with E-state index >= 15 is 0 Å². The summed E-state index contributed by atoms with van der Waals surface area (Å²) >= 11 is 1.67. The van der Waals surface area contributed by atoms with Crippen molar-refractivity contribution < 1.29 is 14.0 Å². The lowest BCUT2D eigenvalue weighted by molar-refractivity contribution is -0.140. The van der Waals surface area contributed by atoms with Gasteiger partial charge in [0.25, 0.3) is 0 Å². The van der Waals surface area contributed by atoms with Gasteiger partial charge in [-0.2, -0.15) is 11.8 Å². The highest BCUT2D eigenvalue weighted by Gasteiger charge is 2.25. The van der Waals surface area contributed by atoms with E-state index in [0.29, 0.717) is 17.7 Å². The summed E-state index contributed by atoms with van der Waals surface area (Å²) in [4.78, 5) is 26.2. The number of carbonyl (C=O) groups is 2. The van der Waals surface area contributed by atoms with Crippen molar-refractivity contribution in [1.29, 1.82) is 0 Å². The largest absolute Gasteiger partial charge is 0.357 e. The molecular formula is C21H25FN2O2S. The van der Waals surface area contributed by atoms with Crippen LogP contribution in [0, 0.1) is 5.82 Å². The van der Waals surface area contributed by atoms with Crippen molar-refractivity contribution in [3.8, 4) is 0 Å². The molecule has 144 valence electrons. The van der Waals surface area contributed by atoms with Crippen molar-refractivity contribution in [2.45, 2.75) is 31.7 Å². The van der Waals surface area contributed by atoms with Gasteiger partial charge in [0.15, 0.2) is 0 Å². The zero-order valence-corrected chi connectivity index (χ0v) is 16.5. The topological polar surface area (TPSA) is 49.4 Å². The molecule has 0 bridgehead atoms. The maximum atomic E-state index is 14.0. The maximum absolute atomic E-state index is 14.0. The lowest BCUT2D eigenvalue weighted by Gasteiger charge is -2.28. The molecule has 0 unspecified atom stereocenters. The minimum atomic E-state index is -0.666. The van der Waals surface area contributed by atoms with Crippen LogP contribution in [-0.4, -0.2) is 35.6 Å². The quantitative estimate of drug-likeness (QED) is 0.668. The Hall–Kier alpha value is -2.34. The second kappa shape index (κ2) is 10.7. The molecule has 2 amide bonds. The number of benzene rings is 2. The van der Waals surface area contributed by atoms with Crippen LogP contribution in [0.3, 0.4) is 0 Å². The van der Waals surface area contributed by atoms with Gasteiger partial charge in [0.05, 0.1) is 0 Å². The van der Waals surface area contributed by atoms with Crippen molar-refractivity contribution in [2.24, 2.45) is 0 Å². The molecule has 0 spiro atoms. The van der Waals surface area contributed by atoms with Gasteiger partial charge in [-0.3, -0.25) is 9.59 Å². The summed E-state index contributed by atoms with van der Waals surface area (Å²) in [5, 5.41) is 2.56. The summed E-state index contributed by atoms with van der Waals surface area (Å²) < 4.78 is 14.0. The van der Waals surface area contributed by atoms with E-state index in [4.69, 9.17) is 0 Å². The van der Waals surface area contributed by atoms with E-state index < -0.39 is 6.04 Å². The van der Waals surface area contributed by atoms with Crippen molar-refractivity contribution in [3.63, 3.8) is 0 Å². The van der Waals surface area contributed by atoms with Gasteiger partial charge in [0.2, 0.25) is 11.8 Å². The molecule has 0 heterocycles. The lowest BCUT2D eigenvalue weighted by Crippen LogP contribution is -2.46. The lowest BCUT2D eigenvalue weighted by atomic mass is 10.1. The number of amides is 2. The maximum Gasteiger partial charge on any atom is 0.242 e. The van der Waals surface area contributed by atoms with Crippen molar-refractivity contribution in [3.05, 3.63) is 71.5 Å². The van der Waals surface area contributed by atoms with E-state index in [0.717, 1.165) is 5.75 Å². The van der Waals surface area contributed by atoms with Crippen molar-refractivity contribution in [1.82, 2.24) is 10.2 Å². The fraction of sp³-hybridized carbons (Fsp3) is 0.333. The molecule has 0 radical (unpaired) electrons. The molecule has 4 nitrogen and oxygen atoms in total. The van der Waals surface area contributed by atoms with Crippen LogP contribution in [0.25, 0.3) is 0 Å². The average Bonchev–Trinajstić information content (AvgIpc) is 2.70. The van der Waals surface area contributed by atoms with E-state index in [1.54, 1.807) is 36.9 Å². The van der Waals surface area contributed by atoms with E-state index in [9.17, 15) is 14.0 Å². The summed E-state index contributed by atoms with van der Waals surface area (Å²) in [6, 6.07) is 15.7. The predicted octanol–water partition coefficient (Wildman–Crippen LogP) is 3.61. The molecule has 0 aliphatic rings. The van der Waals surface area contributed by atoms with Crippen LogP contribution in [0.15, 0.2) is 54.6 Å². The van der Waals surface area contributed by atoms with Crippen LogP contribution in [0.1, 0.15) is 24.5 Å². The SMILES string of the molecule is CNC(=O)[C@H](C)N(Cc1ccccc1F)C(=O)CCSCc1ccccc1. The number of hydrogen-bond donors (Lipinski definition) is 1. The second-order valence-corrected chi connectivity index (χ2v) is 7.30. The van der Waals surface area contributed by atoms with Gasteiger partial charge in [-0.1, -0.05) is 48.5 Å². The number of nitrogens with zero attached hydrogens (tertiary/aromatic N) is 1. The third-order valence-electron chi connectivity index (χ3n) is 4.28. The first-order valence-corrected chi connectivity index (χ1v) is 10.0. The number of nitrogens with one attached hydrogen (secondary N) is 1. The first-order valence-electron chi connectivity index (χ1n) is 8.89. The molecule has 0 aromatic heterocycles. The summed E-state index contributed by atoms with van der Waals surface area (Å²) in [6.07, 6.45) is 0.299. The number of carbonyl (C=O) groups excluding carboxylic acids is 2. The van der Waals surface area contributed by atoms with Crippen LogP contribution in [0.5, 0.6) is 0 Å². The molecule has 0 aliphatic carbocycles. The van der Waals surface area contributed by atoms with E-state index in [-0.39, 0.29) is 24.2 Å². The third kappa shape index (κ3) is 6.40. The monoisotopic (exact) mass is 388 g/mol. The molecule has 0 fully saturated rings. The molecule has 2 rings (SSSR count). The highest BCUT2D eigenvalue weighted by molar-refractivity contribution is 7.98. The first kappa shape index (κ1) is 21.0. The van der Waals surface area contributed by atoms with E-state index in [2.05, 4.69) is 5.32 Å². The van der Waals surface area contributed by atoms with Crippen LogP contribution in [0.2, 0.25) is 0 Å². The number of rotatable bonds is 9. The third-order valence-corrected chi connectivity index (χ3v) is 5.31. The molecule has 6 heteroatoms. The summed E-state index contributed by atoms with van der Waals surface area (Å²) in [5.74, 6) is 0.665. The number of thioether (sulfide) groups is 1.